The maximum Gasteiger partial charge on any atom is 0.433 e. The van der Waals surface area contributed by atoms with E-state index in [1.54, 1.807) is 5.43 Å². The Morgan fingerprint density at radius 1 is 1.35 bits per heavy atom. The Bertz CT molecular complexity index is 573. The molecule has 12 nitrogen and oxygen atoms in total. The van der Waals surface area contributed by atoms with Gasteiger partial charge in [0, 0.05) is 0 Å². The fourth-order valence-electron chi connectivity index (χ4n) is 1.41. The normalized spacial score (nSPS) is 16.7. The van der Waals surface area contributed by atoms with Crippen LogP contribution in [0.5, 0.6) is 0 Å². The molecule has 0 radical (unpaired) electrons. The summed E-state index contributed by atoms with van der Waals surface area (Å²) in [4.78, 5) is 21.1. The van der Waals surface area contributed by atoms with Gasteiger partial charge in [-0.1, -0.05) is 0 Å². The monoisotopic (exact) mass is 333 g/mol. The molecule has 0 aliphatic heterocycles. The lowest BCUT2D eigenvalue weighted by atomic mass is 10.0. The van der Waals surface area contributed by atoms with Crippen LogP contribution in [-0.2, 0) is 4.79 Å². The molecular weight excluding hydrogens is 318 g/mol. The number of nitrogens with one attached hydrogen (secondary N) is 1. The summed E-state index contributed by atoms with van der Waals surface area (Å²) in [5.41, 5.74) is 1.80. The zero-order chi connectivity index (χ0) is 17.6. The second kappa shape index (κ2) is 8.30. The highest BCUT2D eigenvalue weighted by Crippen LogP contribution is 2.13. The molecule has 1 rings (SSSR count). The van der Waals surface area contributed by atoms with E-state index in [0.29, 0.717) is 0 Å². The van der Waals surface area contributed by atoms with Crippen molar-refractivity contribution in [2.24, 2.45) is 5.10 Å². The van der Waals surface area contributed by atoms with Crippen LogP contribution in [0.2, 0.25) is 0 Å². The summed E-state index contributed by atoms with van der Waals surface area (Å²) >= 11 is 0. The Hall–Kier alpha value is -2.38. The molecule has 128 valence electrons. The fourth-order valence-corrected chi connectivity index (χ4v) is 1.41. The molecule has 0 bridgehead atoms. The van der Waals surface area contributed by atoms with Crippen LogP contribution in [0, 0.1) is 10.1 Å². The molecule has 0 fully saturated rings. The van der Waals surface area contributed by atoms with E-state index in [9.17, 15) is 30.2 Å². The van der Waals surface area contributed by atoms with Crippen LogP contribution in [0.4, 0.5) is 5.88 Å². The highest BCUT2D eigenvalue weighted by atomic mass is 16.6. The number of furan rings is 1. The van der Waals surface area contributed by atoms with Gasteiger partial charge in [-0.2, -0.15) is 5.10 Å². The van der Waals surface area contributed by atoms with Crippen LogP contribution >= 0.6 is 0 Å². The predicted octanol–water partition coefficient (Wildman–Crippen LogP) is -2.93. The highest BCUT2D eigenvalue weighted by Gasteiger charge is 2.34. The van der Waals surface area contributed by atoms with Gasteiger partial charge in [0.2, 0.25) is 0 Å². The van der Waals surface area contributed by atoms with E-state index in [2.05, 4.69) is 5.10 Å². The molecule has 1 heterocycles. The molecule has 12 heteroatoms. The van der Waals surface area contributed by atoms with Crippen molar-refractivity contribution in [2.45, 2.75) is 24.4 Å². The lowest BCUT2D eigenvalue weighted by Gasteiger charge is -2.24. The maximum absolute atomic E-state index is 11.5. The van der Waals surface area contributed by atoms with E-state index in [0.717, 1.165) is 12.3 Å². The van der Waals surface area contributed by atoms with Crippen LogP contribution in [-0.4, -0.2) is 73.6 Å². The standard InChI is InChI=1S/C11H15N3O9/c15-4-6(16)8(17)9(18)10(19)11(20)13-12-3-5-1-2-7(23-5)14(21)22/h1-3,6,8-10,15-19H,4H2,(H,13,20)/b12-3-. The summed E-state index contributed by atoms with van der Waals surface area (Å²) in [6, 6.07) is 2.27. The van der Waals surface area contributed by atoms with Crippen molar-refractivity contribution in [2.75, 3.05) is 6.61 Å². The third-order valence-electron chi connectivity index (χ3n) is 2.68. The number of hydrazone groups is 1. The number of aliphatic hydroxyl groups is 5. The minimum Gasteiger partial charge on any atom is -0.400 e. The number of hydrogen-bond acceptors (Lipinski definition) is 10. The van der Waals surface area contributed by atoms with Crippen LogP contribution in [0.3, 0.4) is 0 Å². The van der Waals surface area contributed by atoms with E-state index >= 15 is 0 Å². The summed E-state index contributed by atoms with van der Waals surface area (Å²) in [6.45, 7) is -0.887. The molecule has 6 N–H and O–H groups in total. The van der Waals surface area contributed by atoms with Crippen molar-refractivity contribution in [3.63, 3.8) is 0 Å². The number of aliphatic hydroxyl groups excluding tert-OH is 5. The topological polar surface area (TPSA) is 199 Å². The van der Waals surface area contributed by atoms with Gasteiger partial charge in [0.25, 0.3) is 5.91 Å². The van der Waals surface area contributed by atoms with Crippen molar-refractivity contribution < 1.29 is 39.7 Å². The Labute approximate surface area is 128 Å². The first-order chi connectivity index (χ1) is 10.8. The van der Waals surface area contributed by atoms with Crippen LogP contribution in [0.1, 0.15) is 5.76 Å². The van der Waals surface area contributed by atoms with Gasteiger partial charge in [0.1, 0.15) is 23.2 Å². The second-order valence-corrected chi connectivity index (χ2v) is 4.34. The molecule has 0 saturated heterocycles. The lowest BCUT2D eigenvalue weighted by Crippen LogP contribution is -2.50. The zero-order valence-corrected chi connectivity index (χ0v) is 11.5. The predicted molar refractivity (Wildman–Crippen MR) is 72.2 cm³/mol. The average Bonchev–Trinajstić information content (AvgIpc) is 3.00. The van der Waals surface area contributed by atoms with E-state index < -0.39 is 47.7 Å². The van der Waals surface area contributed by atoms with Gasteiger partial charge in [-0.15, -0.1) is 0 Å². The molecule has 4 unspecified atom stereocenters. The first-order valence-corrected chi connectivity index (χ1v) is 6.18. The lowest BCUT2D eigenvalue weighted by molar-refractivity contribution is -0.402. The largest absolute Gasteiger partial charge is 0.433 e. The van der Waals surface area contributed by atoms with Crippen LogP contribution in [0.15, 0.2) is 21.7 Å². The minimum absolute atomic E-state index is 0.0530. The van der Waals surface area contributed by atoms with Crippen molar-refractivity contribution in [3.8, 4) is 0 Å². The molecule has 4 atom stereocenters. The van der Waals surface area contributed by atoms with Crippen LogP contribution in [0.25, 0.3) is 0 Å². The first kappa shape index (κ1) is 18.7. The quantitative estimate of drug-likeness (QED) is 0.164. The number of hydrogen-bond donors (Lipinski definition) is 6. The molecule has 1 aromatic rings. The molecule has 0 aliphatic rings. The van der Waals surface area contributed by atoms with Gasteiger partial charge in [0.05, 0.1) is 18.9 Å². The first-order valence-electron chi connectivity index (χ1n) is 6.18. The third kappa shape index (κ3) is 5.08. The summed E-state index contributed by atoms with van der Waals surface area (Å²) in [7, 11) is 0. The molecule has 0 aromatic carbocycles. The summed E-state index contributed by atoms with van der Waals surface area (Å²) in [6.07, 6.45) is -7.02. The smallest absolute Gasteiger partial charge is 0.400 e. The number of nitrogens with zero attached hydrogens (tertiary/aromatic N) is 2. The van der Waals surface area contributed by atoms with Crippen LogP contribution < -0.4 is 5.43 Å². The number of amides is 1. The summed E-state index contributed by atoms with van der Waals surface area (Å²) in [5.74, 6) is -1.81. The zero-order valence-electron chi connectivity index (χ0n) is 11.5. The average molecular weight is 333 g/mol. The van der Waals surface area contributed by atoms with Crippen molar-refractivity contribution in [1.29, 1.82) is 0 Å². The number of carbonyl (C=O) groups is 1. The molecule has 0 aliphatic carbocycles. The Morgan fingerprint density at radius 3 is 2.52 bits per heavy atom. The molecule has 23 heavy (non-hydrogen) atoms. The van der Waals surface area contributed by atoms with Gasteiger partial charge < -0.3 is 29.9 Å². The fraction of sp³-hybridized carbons (Fsp3) is 0.455. The Balaban J connectivity index is 2.57. The Kier molecular flexibility index (Phi) is 6.74. The third-order valence-corrected chi connectivity index (χ3v) is 2.68. The molecule has 0 saturated carbocycles. The summed E-state index contributed by atoms with van der Waals surface area (Å²) in [5, 5.41) is 59.7. The molecule has 1 aromatic heterocycles. The van der Waals surface area contributed by atoms with Gasteiger partial charge in [-0.25, -0.2) is 5.43 Å². The van der Waals surface area contributed by atoms with Crippen molar-refractivity contribution >= 4 is 18.0 Å². The van der Waals surface area contributed by atoms with Gasteiger partial charge >= 0.3 is 5.88 Å². The van der Waals surface area contributed by atoms with E-state index in [1.165, 1.54) is 6.07 Å². The highest BCUT2D eigenvalue weighted by molar-refractivity contribution is 5.83. The second-order valence-electron chi connectivity index (χ2n) is 4.34. The SMILES string of the molecule is O=C(N/N=C\c1ccc([N+](=O)[O-])o1)C(O)C(O)C(O)C(O)CO. The molecule has 0 spiro atoms. The minimum atomic E-state index is -2.14. The van der Waals surface area contributed by atoms with Gasteiger partial charge in [-0.3, -0.25) is 14.9 Å². The number of carbonyl (C=O) groups excluding carboxylic acids is 1. The van der Waals surface area contributed by atoms with Gasteiger partial charge in [0.15, 0.2) is 11.9 Å². The number of nitro groups is 1. The number of rotatable bonds is 8. The molecular formula is C11H15N3O9. The molecule has 1 amide bonds. The van der Waals surface area contributed by atoms with E-state index in [1.807, 2.05) is 0 Å². The van der Waals surface area contributed by atoms with E-state index in [4.69, 9.17) is 14.6 Å². The van der Waals surface area contributed by atoms with Gasteiger partial charge in [-0.05, 0) is 6.07 Å². The van der Waals surface area contributed by atoms with E-state index in [-0.39, 0.29) is 5.76 Å². The summed E-state index contributed by atoms with van der Waals surface area (Å²) < 4.78 is 4.71. The maximum atomic E-state index is 11.5. The van der Waals surface area contributed by atoms with Crippen molar-refractivity contribution in [1.82, 2.24) is 5.43 Å². The Morgan fingerprint density at radius 2 is 2.00 bits per heavy atom. The van der Waals surface area contributed by atoms with Crippen molar-refractivity contribution in [3.05, 3.63) is 28.0 Å².